The van der Waals surface area contributed by atoms with Gasteiger partial charge in [-0.3, -0.25) is 4.79 Å². The van der Waals surface area contributed by atoms with E-state index in [-0.39, 0.29) is 5.57 Å². The van der Waals surface area contributed by atoms with Gasteiger partial charge >= 0.3 is 0 Å². The van der Waals surface area contributed by atoms with E-state index in [9.17, 15) is 10.1 Å². The number of fused-ring (bicyclic) bond motifs is 1. The maximum Gasteiger partial charge on any atom is 0.291 e. The SMILES string of the molecule is CCCCC(CC)CN(CC(CC)CCCC)c1nc(-c2ccccc2)c(N=C2C(C)=C(C#N)C(=O)n3nc(N(CC)CC)nc32)s1. The van der Waals surface area contributed by atoms with Crippen molar-refractivity contribution in [2.24, 2.45) is 16.8 Å². The molecule has 252 valence electrons. The van der Waals surface area contributed by atoms with Gasteiger partial charge < -0.3 is 9.80 Å². The minimum Gasteiger partial charge on any atom is -0.347 e. The molecule has 0 N–H and O–H groups in total. The second-order valence-corrected chi connectivity index (χ2v) is 13.4. The number of nitrogens with zero attached hydrogens (tertiary/aromatic N) is 8. The molecule has 4 rings (SSSR count). The van der Waals surface area contributed by atoms with E-state index in [0.29, 0.717) is 48.0 Å². The van der Waals surface area contributed by atoms with Gasteiger partial charge in [0.1, 0.15) is 28.0 Å². The number of allylic oxidation sites excluding steroid dienone is 2. The average Bonchev–Trinajstić information content (AvgIpc) is 3.72. The van der Waals surface area contributed by atoms with Gasteiger partial charge in [0.25, 0.3) is 5.91 Å². The van der Waals surface area contributed by atoms with Crippen LogP contribution >= 0.6 is 11.3 Å². The molecule has 0 amide bonds. The Balaban J connectivity index is 1.89. The van der Waals surface area contributed by atoms with Gasteiger partial charge in [0.05, 0.1) is 0 Å². The minimum atomic E-state index is -0.473. The van der Waals surface area contributed by atoms with Crippen molar-refractivity contribution in [3.8, 4) is 17.3 Å². The van der Waals surface area contributed by atoms with Gasteiger partial charge in [0.2, 0.25) is 5.95 Å². The van der Waals surface area contributed by atoms with E-state index in [1.165, 1.54) is 43.2 Å². The van der Waals surface area contributed by atoms with Crippen LogP contribution < -0.4 is 9.80 Å². The van der Waals surface area contributed by atoms with Crippen LogP contribution in [0.25, 0.3) is 11.3 Å². The van der Waals surface area contributed by atoms with E-state index >= 15 is 0 Å². The van der Waals surface area contributed by atoms with Crippen LogP contribution in [0, 0.1) is 23.2 Å². The van der Waals surface area contributed by atoms with Crippen molar-refractivity contribution >= 4 is 39.0 Å². The van der Waals surface area contributed by atoms with Crippen LogP contribution in [-0.4, -0.2) is 57.5 Å². The van der Waals surface area contributed by atoms with Crippen LogP contribution in [0.4, 0.5) is 16.1 Å². The zero-order valence-electron chi connectivity index (χ0n) is 29.4. The maximum absolute atomic E-state index is 13.4. The summed E-state index contributed by atoms with van der Waals surface area (Å²) in [5, 5.41) is 16.3. The van der Waals surface area contributed by atoms with Crippen molar-refractivity contribution < 1.29 is 4.79 Å². The molecule has 2 unspecified atom stereocenters. The number of unbranched alkanes of at least 4 members (excludes halogenated alkanes) is 2. The number of aromatic nitrogens is 4. The molecule has 9 nitrogen and oxygen atoms in total. The molecule has 0 saturated carbocycles. The zero-order valence-corrected chi connectivity index (χ0v) is 30.2. The predicted octanol–water partition coefficient (Wildman–Crippen LogP) is 9.10. The fraction of sp³-hybridized carbons (Fsp3) is 0.568. The van der Waals surface area contributed by atoms with Gasteiger partial charge in [0.15, 0.2) is 11.0 Å². The smallest absolute Gasteiger partial charge is 0.291 e. The van der Waals surface area contributed by atoms with Crippen molar-refractivity contribution in [3.63, 3.8) is 0 Å². The topological polar surface area (TPSA) is 103 Å². The minimum absolute atomic E-state index is 0.0308. The van der Waals surface area contributed by atoms with Crippen LogP contribution in [-0.2, 0) is 0 Å². The highest BCUT2D eigenvalue weighted by Crippen LogP contribution is 2.42. The molecule has 2 atom stereocenters. The lowest BCUT2D eigenvalue weighted by Crippen LogP contribution is -2.34. The molecular formula is C37H52N8OS. The van der Waals surface area contributed by atoms with Gasteiger partial charge in [-0.15, -0.1) is 5.10 Å². The quantitative estimate of drug-likeness (QED) is 0.135. The van der Waals surface area contributed by atoms with E-state index in [1.54, 1.807) is 18.3 Å². The molecule has 0 fully saturated rings. The first-order valence-corrected chi connectivity index (χ1v) is 18.4. The Labute approximate surface area is 285 Å². The third-order valence-corrected chi connectivity index (χ3v) is 10.3. The summed E-state index contributed by atoms with van der Waals surface area (Å²) in [4.78, 5) is 33.2. The summed E-state index contributed by atoms with van der Waals surface area (Å²) in [6, 6.07) is 12.3. The molecule has 10 heteroatoms. The van der Waals surface area contributed by atoms with E-state index in [1.807, 2.05) is 36.9 Å². The van der Waals surface area contributed by atoms with Gasteiger partial charge in [-0.25, -0.2) is 9.98 Å². The lowest BCUT2D eigenvalue weighted by atomic mass is 9.96. The number of carbonyl (C=O) groups is 1. The monoisotopic (exact) mass is 656 g/mol. The van der Waals surface area contributed by atoms with Gasteiger partial charge in [0, 0.05) is 37.3 Å². The number of carbonyl (C=O) groups excluding carboxylic acids is 1. The molecule has 1 aliphatic rings. The Hall–Kier alpha value is -3.84. The normalized spacial score (nSPS) is 15.1. The van der Waals surface area contributed by atoms with E-state index < -0.39 is 5.91 Å². The zero-order chi connectivity index (χ0) is 33.9. The Morgan fingerprint density at radius 2 is 1.53 bits per heavy atom. The van der Waals surface area contributed by atoms with Crippen molar-refractivity contribution in [1.29, 1.82) is 5.26 Å². The summed E-state index contributed by atoms with van der Waals surface area (Å²) in [5.41, 5.74) is 2.79. The number of benzene rings is 1. The Morgan fingerprint density at radius 1 is 0.915 bits per heavy atom. The van der Waals surface area contributed by atoms with Gasteiger partial charge in [-0.1, -0.05) is 108 Å². The number of hydrogen-bond donors (Lipinski definition) is 0. The molecule has 1 aromatic carbocycles. The third-order valence-electron chi connectivity index (χ3n) is 9.28. The second-order valence-electron chi connectivity index (χ2n) is 12.5. The first kappa shape index (κ1) is 36.0. The number of hydrogen-bond acceptors (Lipinski definition) is 9. The highest BCUT2D eigenvalue weighted by Gasteiger charge is 2.34. The predicted molar refractivity (Wildman–Crippen MR) is 195 cm³/mol. The van der Waals surface area contributed by atoms with Crippen molar-refractivity contribution in [1.82, 2.24) is 19.7 Å². The number of thiazole rings is 1. The van der Waals surface area contributed by atoms with Crippen molar-refractivity contribution in [3.05, 3.63) is 47.3 Å². The van der Waals surface area contributed by atoms with Gasteiger partial charge in [-0.05, 0) is 45.4 Å². The summed E-state index contributed by atoms with van der Waals surface area (Å²) in [5.74, 6) is 1.51. The molecule has 1 aliphatic heterocycles. The Bertz CT molecular complexity index is 1560. The first-order chi connectivity index (χ1) is 22.8. The third kappa shape index (κ3) is 8.36. The molecule has 0 aliphatic carbocycles. The van der Waals surface area contributed by atoms with Crippen LogP contribution in [0.2, 0.25) is 0 Å². The maximum atomic E-state index is 13.4. The number of rotatable bonds is 18. The molecule has 3 heterocycles. The summed E-state index contributed by atoms with van der Waals surface area (Å²) < 4.78 is 1.24. The van der Waals surface area contributed by atoms with Crippen LogP contribution in [0.3, 0.4) is 0 Å². The highest BCUT2D eigenvalue weighted by molar-refractivity contribution is 7.19. The molecule has 0 bridgehead atoms. The van der Waals surface area contributed by atoms with Crippen molar-refractivity contribution in [2.45, 2.75) is 99.8 Å². The molecule has 47 heavy (non-hydrogen) atoms. The first-order valence-electron chi connectivity index (χ1n) is 17.6. The lowest BCUT2D eigenvalue weighted by molar-refractivity contribution is 0.0942. The van der Waals surface area contributed by atoms with Crippen LogP contribution in [0.15, 0.2) is 46.5 Å². The second kappa shape index (κ2) is 17.4. The largest absolute Gasteiger partial charge is 0.347 e. The number of anilines is 2. The van der Waals surface area contributed by atoms with E-state index in [2.05, 4.69) is 55.9 Å². The Morgan fingerprint density at radius 3 is 2.06 bits per heavy atom. The average molecular weight is 657 g/mol. The Kier molecular flexibility index (Phi) is 13.3. The van der Waals surface area contributed by atoms with Crippen molar-refractivity contribution in [2.75, 3.05) is 36.0 Å². The molecule has 2 aromatic heterocycles. The van der Waals surface area contributed by atoms with Crippen LogP contribution in [0.1, 0.15) is 110 Å². The number of aliphatic imine (C=N–C) groups is 1. The van der Waals surface area contributed by atoms with Gasteiger partial charge in [-0.2, -0.15) is 14.9 Å². The fourth-order valence-corrected chi connectivity index (χ4v) is 7.13. The summed E-state index contributed by atoms with van der Waals surface area (Å²) in [7, 11) is 0. The lowest BCUT2D eigenvalue weighted by Gasteiger charge is -2.30. The molecule has 0 saturated heterocycles. The molecule has 3 aromatic rings. The molecule has 0 spiro atoms. The standard InChI is InChI=1S/C37H52N8OS/c1-8-14-19-27(10-3)24-44(25-28(11-4)20-15-9-2)37-40-32(29-21-17-16-18-22-29)34(47-37)39-31-26(7)30(23-38)35(46)45-33(31)41-36(42-45)43(12-5)13-6/h16-18,21-22,27-28H,8-15,19-20,24-25H2,1-7H3. The highest BCUT2D eigenvalue weighted by atomic mass is 32.1. The van der Waals surface area contributed by atoms with Crippen LogP contribution in [0.5, 0.6) is 0 Å². The van der Waals surface area contributed by atoms with E-state index in [0.717, 1.165) is 47.3 Å². The molecule has 0 radical (unpaired) electrons. The summed E-state index contributed by atoms with van der Waals surface area (Å²) in [6.45, 7) is 18.3. The summed E-state index contributed by atoms with van der Waals surface area (Å²) >= 11 is 1.59. The fourth-order valence-electron chi connectivity index (χ4n) is 6.14. The van der Waals surface area contributed by atoms with E-state index in [4.69, 9.17) is 15.0 Å². The summed E-state index contributed by atoms with van der Waals surface area (Å²) in [6.07, 6.45) is 9.54. The number of nitriles is 1. The molecular weight excluding hydrogens is 605 g/mol.